The molecule has 0 aliphatic carbocycles. The molecule has 5 aromatic rings. The molecule has 0 radical (unpaired) electrons. The third-order valence-corrected chi connectivity index (χ3v) is 5.77. The zero-order chi connectivity index (χ0) is 20.5. The van der Waals surface area contributed by atoms with E-state index in [1.165, 1.54) is 28.3 Å². The van der Waals surface area contributed by atoms with E-state index in [0.717, 1.165) is 21.4 Å². The van der Waals surface area contributed by atoms with E-state index in [1.807, 2.05) is 36.4 Å². The minimum Gasteiger partial charge on any atom is -0.269 e. The summed E-state index contributed by atoms with van der Waals surface area (Å²) in [6.07, 6.45) is 1.70. The summed E-state index contributed by atoms with van der Waals surface area (Å²) in [6.45, 7) is 0. The highest BCUT2D eigenvalue weighted by atomic mass is 32.2. The molecular formula is C23H15FN4OS. The SMILES string of the molecule is O=c1cc(CSc2nnc(-c3ccc(F)cc3)c3ccccc23)nc2ccccn12. The largest absolute Gasteiger partial charge is 0.269 e. The van der Waals surface area contributed by atoms with Gasteiger partial charge in [-0.15, -0.1) is 10.2 Å². The van der Waals surface area contributed by atoms with Gasteiger partial charge in [-0.05, 0) is 36.4 Å². The molecule has 5 nitrogen and oxygen atoms in total. The highest BCUT2D eigenvalue weighted by Crippen LogP contribution is 2.32. The summed E-state index contributed by atoms with van der Waals surface area (Å²) >= 11 is 1.48. The highest BCUT2D eigenvalue weighted by Gasteiger charge is 2.12. The number of nitrogens with zero attached hydrogens (tertiary/aromatic N) is 4. The van der Waals surface area contributed by atoms with Crippen LogP contribution in [-0.4, -0.2) is 19.6 Å². The Hall–Kier alpha value is -3.58. The van der Waals surface area contributed by atoms with E-state index in [2.05, 4.69) is 15.2 Å². The quantitative estimate of drug-likeness (QED) is 0.398. The standard InChI is InChI=1S/C23H15FN4OS/c24-16-10-8-15(9-11-16)22-18-5-1-2-6-19(18)23(27-26-22)30-14-17-13-21(29)28-12-4-3-7-20(28)25-17/h1-13H,14H2. The summed E-state index contributed by atoms with van der Waals surface area (Å²) in [6, 6.07) is 21.1. The van der Waals surface area contributed by atoms with Crippen molar-refractivity contribution in [1.82, 2.24) is 19.6 Å². The molecule has 3 heterocycles. The van der Waals surface area contributed by atoms with Crippen LogP contribution in [0, 0.1) is 5.82 Å². The maximum Gasteiger partial charge on any atom is 0.258 e. The van der Waals surface area contributed by atoms with Crippen LogP contribution in [0.5, 0.6) is 0 Å². The van der Waals surface area contributed by atoms with Crippen LogP contribution in [0.4, 0.5) is 4.39 Å². The highest BCUT2D eigenvalue weighted by molar-refractivity contribution is 7.98. The van der Waals surface area contributed by atoms with Gasteiger partial charge in [0.2, 0.25) is 0 Å². The molecule has 0 saturated heterocycles. The second-order valence-electron chi connectivity index (χ2n) is 6.71. The van der Waals surface area contributed by atoms with Crippen LogP contribution in [-0.2, 0) is 5.75 Å². The van der Waals surface area contributed by atoms with Crippen molar-refractivity contribution in [1.29, 1.82) is 0 Å². The van der Waals surface area contributed by atoms with Gasteiger partial charge in [-0.1, -0.05) is 42.1 Å². The van der Waals surface area contributed by atoms with E-state index in [4.69, 9.17) is 0 Å². The fraction of sp³-hybridized carbons (Fsp3) is 0.0435. The van der Waals surface area contributed by atoms with Gasteiger partial charge in [0.1, 0.15) is 22.2 Å². The van der Waals surface area contributed by atoms with E-state index in [1.54, 1.807) is 30.5 Å². The lowest BCUT2D eigenvalue weighted by Gasteiger charge is -2.09. The predicted molar refractivity (Wildman–Crippen MR) is 116 cm³/mol. The molecule has 7 heteroatoms. The summed E-state index contributed by atoms with van der Waals surface area (Å²) < 4.78 is 14.8. The number of rotatable bonds is 4. The van der Waals surface area contributed by atoms with Gasteiger partial charge in [0.25, 0.3) is 5.56 Å². The number of hydrogen-bond acceptors (Lipinski definition) is 5. The molecule has 0 amide bonds. The Morgan fingerprint density at radius 3 is 2.50 bits per heavy atom. The van der Waals surface area contributed by atoms with Crippen LogP contribution in [0.3, 0.4) is 0 Å². The van der Waals surface area contributed by atoms with Crippen molar-refractivity contribution in [3.05, 3.63) is 101 Å². The Morgan fingerprint density at radius 1 is 0.900 bits per heavy atom. The Bertz CT molecular complexity index is 1430. The lowest BCUT2D eigenvalue weighted by molar-refractivity contribution is 0.628. The van der Waals surface area contributed by atoms with Crippen LogP contribution in [0.2, 0.25) is 0 Å². The van der Waals surface area contributed by atoms with Gasteiger partial charge in [-0.3, -0.25) is 9.20 Å². The number of fused-ring (bicyclic) bond motifs is 2. The van der Waals surface area contributed by atoms with Crippen molar-refractivity contribution in [2.45, 2.75) is 10.8 Å². The van der Waals surface area contributed by atoms with Crippen LogP contribution < -0.4 is 5.56 Å². The van der Waals surface area contributed by atoms with Crippen molar-refractivity contribution in [2.24, 2.45) is 0 Å². The molecule has 0 saturated carbocycles. The molecule has 146 valence electrons. The van der Waals surface area contributed by atoms with E-state index in [0.29, 0.717) is 22.8 Å². The maximum absolute atomic E-state index is 13.3. The first-order valence-corrected chi connectivity index (χ1v) is 10.3. The molecule has 0 aliphatic rings. The van der Waals surface area contributed by atoms with Crippen LogP contribution >= 0.6 is 11.8 Å². The van der Waals surface area contributed by atoms with Crippen molar-refractivity contribution < 1.29 is 4.39 Å². The number of aromatic nitrogens is 4. The minimum absolute atomic E-state index is 0.112. The third kappa shape index (κ3) is 3.44. The zero-order valence-electron chi connectivity index (χ0n) is 15.7. The lowest BCUT2D eigenvalue weighted by Crippen LogP contribution is -2.14. The number of hydrogen-bond donors (Lipinski definition) is 0. The first kappa shape index (κ1) is 18.4. The molecule has 0 fully saturated rings. The Balaban J connectivity index is 1.51. The number of pyridine rings is 1. The first-order valence-electron chi connectivity index (χ1n) is 9.30. The average Bonchev–Trinajstić information content (AvgIpc) is 2.78. The van der Waals surface area contributed by atoms with Gasteiger partial charge in [-0.25, -0.2) is 9.37 Å². The number of halogens is 1. The molecule has 0 aliphatic heterocycles. The van der Waals surface area contributed by atoms with Gasteiger partial charge < -0.3 is 0 Å². The second-order valence-corrected chi connectivity index (χ2v) is 7.67. The molecule has 5 rings (SSSR count). The van der Waals surface area contributed by atoms with Gasteiger partial charge >= 0.3 is 0 Å². The van der Waals surface area contributed by atoms with Crippen LogP contribution in [0.15, 0.2) is 88.8 Å². The molecule has 2 aromatic carbocycles. The molecule has 30 heavy (non-hydrogen) atoms. The average molecular weight is 414 g/mol. The van der Waals surface area contributed by atoms with E-state index >= 15 is 0 Å². The molecular weight excluding hydrogens is 399 g/mol. The van der Waals surface area contributed by atoms with Gasteiger partial charge in [-0.2, -0.15) is 0 Å². The van der Waals surface area contributed by atoms with Crippen molar-refractivity contribution in [2.75, 3.05) is 0 Å². The van der Waals surface area contributed by atoms with Crippen molar-refractivity contribution in [3.63, 3.8) is 0 Å². The summed E-state index contributed by atoms with van der Waals surface area (Å²) in [5.41, 5.74) is 2.70. The normalized spacial score (nSPS) is 11.2. The van der Waals surface area contributed by atoms with Gasteiger partial charge in [0.05, 0.1) is 5.69 Å². The Morgan fingerprint density at radius 2 is 1.67 bits per heavy atom. The zero-order valence-corrected chi connectivity index (χ0v) is 16.5. The van der Waals surface area contributed by atoms with E-state index in [-0.39, 0.29) is 11.4 Å². The fourth-order valence-corrected chi connectivity index (χ4v) is 4.19. The predicted octanol–water partition coefficient (Wildman–Crippen LogP) is 4.74. The summed E-state index contributed by atoms with van der Waals surface area (Å²) in [4.78, 5) is 16.9. The van der Waals surface area contributed by atoms with Crippen molar-refractivity contribution >= 4 is 28.2 Å². The first-order chi connectivity index (χ1) is 14.7. The van der Waals surface area contributed by atoms with E-state index in [9.17, 15) is 9.18 Å². The summed E-state index contributed by atoms with van der Waals surface area (Å²) in [5.74, 6) is 0.205. The maximum atomic E-state index is 13.3. The Labute approximate surface area is 175 Å². The van der Waals surface area contributed by atoms with Gasteiger partial charge in [0, 0.05) is 34.4 Å². The van der Waals surface area contributed by atoms with Crippen molar-refractivity contribution in [3.8, 4) is 11.3 Å². The van der Waals surface area contributed by atoms with Crippen LogP contribution in [0.25, 0.3) is 27.7 Å². The number of benzene rings is 2. The molecule has 0 unspecified atom stereocenters. The number of thioether (sulfide) groups is 1. The molecule has 0 N–H and O–H groups in total. The Kier molecular flexibility index (Phi) is 4.72. The second kappa shape index (κ2) is 7.68. The summed E-state index contributed by atoms with van der Waals surface area (Å²) in [5, 5.41) is 11.5. The monoisotopic (exact) mass is 414 g/mol. The summed E-state index contributed by atoms with van der Waals surface area (Å²) in [7, 11) is 0. The molecule has 3 aromatic heterocycles. The minimum atomic E-state index is -0.290. The van der Waals surface area contributed by atoms with Gasteiger partial charge in [0.15, 0.2) is 0 Å². The molecule has 0 atom stereocenters. The fourth-order valence-electron chi connectivity index (χ4n) is 3.33. The molecule has 0 spiro atoms. The smallest absolute Gasteiger partial charge is 0.258 e. The topological polar surface area (TPSA) is 60.2 Å². The third-order valence-electron chi connectivity index (χ3n) is 4.75. The lowest BCUT2D eigenvalue weighted by atomic mass is 10.1. The molecule has 0 bridgehead atoms. The van der Waals surface area contributed by atoms with Crippen LogP contribution in [0.1, 0.15) is 5.69 Å². The van der Waals surface area contributed by atoms with E-state index < -0.39 is 0 Å².